The Balaban J connectivity index is 2.19. The van der Waals surface area contributed by atoms with Gasteiger partial charge in [-0.2, -0.15) is 0 Å². The molecule has 9 heteroatoms. The van der Waals surface area contributed by atoms with Crippen molar-refractivity contribution in [2.75, 3.05) is 53.9 Å². The van der Waals surface area contributed by atoms with Crippen molar-refractivity contribution in [3.05, 3.63) is 0 Å². The summed E-state index contributed by atoms with van der Waals surface area (Å²) < 4.78 is 5.18. The molecule has 1 saturated heterocycles. The van der Waals surface area contributed by atoms with E-state index in [0.717, 1.165) is 38.9 Å². The molecule has 0 aromatic heterocycles. The molecular formula is C19H38N6O3. The lowest BCUT2D eigenvalue weighted by Crippen LogP contribution is -2.45. The van der Waals surface area contributed by atoms with Crippen LogP contribution in [0, 0.1) is 0 Å². The molecule has 1 heterocycles. The highest BCUT2D eigenvalue weighted by Gasteiger charge is 2.30. The summed E-state index contributed by atoms with van der Waals surface area (Å²) in [5.74, 6) is 0.883. The van der Waals surface area contributed by atoms with Crippen molar-refractivity contribution < 1.29 is 14.3 Å². The van der Waals surface area contributed by atoms with Gasteiger partial charge in [0.1, 0.15) is 5.60 Å². The van der Waals surface area contributed by atoms with E-state index in [2.05, 4.69) is 25.8 Å². The minimum absolute atomic E-state index is 0.0198. The molecule has 0 saturated carbocycles. The normalized spacial score (nSPS) is 17.9. The molecule has 0 spiro atoms. The third-order valence-electron chi connectivity index (χ3n) is 4.31. The van der Waals surface area contributed by atoms with Crippen molar-refractivity contribution in [3.8, 4) is 0 Å². The molecule has 0 aliphatic carbocycles. The van der Waals surface area contributed by atoms with Crippen LogP contribution in [0.15, 0.2) is 4.99 Å². The van der Waals surface area contributed by atoms with Crippen LogP contribution in [-0.2, 0) is 9.53 Å². The fourth-order valence-electron chi connectivity index (χ4n) is 3.04. The number of alkyl carbamates (subject to hydrolysis) is 1. The van der Waals surface area contributed by atoms with Crippen molar-refractivity contribution in [3.63, 3.8) is 0 Å². The van der Waals surface area contributed by atoms with E-state index in [1.807, 2.05) is 34.9 Å². The van der Waals surface area contributed by atoms with Crippen molar-refractivity contribution in [2.24, 2.45) is 4.99 Å². The van der Waals surface area contributed by atoms with E-state index >= 15 is 0 Å². The first-order valence-electron chi connectivity index (χ1n) is 10.0. The summed E-state index contributed by atoms with van der Waals surface area (Å²) in [6.45, 7) is 9.11. The maximum Gasteiger partial charge on any atom is 0.407 e. The minimum Gasteiger partial charge on any atom is -0.444 e. The molecule has 0 bridgehead atoms. The highest BCUT2D eigenvalue weighted by atomic mass is 16.6. The molecule has 1 atom stereocenters. The van der Waals surface area contributed by atoms with Gasteiger partial charge in [0.2, 0.25) is 5.91 Å². The summed E-state index contributed by atoms with van der Waals surface area (Å²) in [5.41, 5.74) is -0.499. The number of carbonyl (C=O) groups excluding carboxylic acids is 2. The van der Waals surface area contributed by atoms with Gasteiger partial charge in [-0.25, -0.2) is 4.79 Å². The van der Waals surface area contributed by atoms with Gasteiger partial charge >= 0.3 is 6.09 Å². The second-order valence-electron chi connectivity index (χ2n) is 8.13. The van der Waals surface area contributed by atoms with Crippen LogP contribution in [0.3, 0.4) is 0 Å². The molecule has 28 heavy (non-hydrogen) atoms. The SMILES string of the molecule is CN=C(NCCCN1CCCC1C(=O)N(C)C)NCCNC(=O)OC(C)(C)C. The van der Waals surface area contributed by atoms with E-state index in [-0.39, 0.29) is 11.9 Å². The molecular weight excluding hydrogens is 360 g/mol. The van der Waals surface area contributed by atoms with E-state index in [1.54, 1.807) is 11.9 Å². The van der Waals surface area contributed by atoms with E-state index in [1.165, 1.54) is 0 Å². The smallest absolute Gasteiger partial charge is 0.407 e. The number of carbonyl (C=O) groups is 2. The average molecular weight is 399 g/mol. The van der Waals surface area contributed by atoms with Crippen LogP contribution in [0.25, 0.3) is 0 Å². The molecule has 1 unspecified atom stereocenters. The summed E-state index contributed by atoms with van der Waals surface area (Å²) in [6.07, 6.45) is 2.52. The third-order valence-corrected chi connectivity index (χ3v) is 4.31. The van der Waals surface area contributed by atoms with Crippen LogP contribution >= 0.6 is 0 Å². The molecule has 1 aliphatic heterocycles. The van der Waals surface area contributed by atoms with E-state index < -0.39 is 11.7 Å². The van der Waals surface area contributed by atoms with Gasteiger partial charge in [0.25, 0.3) is 0 Å². The summed E-state index contributed by atoms with van der Waals surface area (Å²) in [7, 11) is 5.34. The van der Waals surface area contributed by atoms with Gasteiger partial charge in [0.05, 0.1) is 6.04 Å². The number of amides is 2. The molecule has 162 valence electrons. The Morgan fingerprint density at radius 3 is 2.39 bits per heavy atom. The summed E-state index contributed by atoms with van der Waals surface area (Å²) in [5, 5.41) is 9.11. The highest BCUT2D eigenvalue weighted by molar-refractivity contribution is 5.81. The van der Waals surface area contributed by atoms with Gasteiger partial charge in [-0.1, -0.05) is 0 Å². The minimum atomic E-state index is -0.499. The number of likely N-dealkylation sites (tertiary alicyclic amines) is 1. The Hall–Kier alpha value is -2.03. The Kier molecular flexibility index (Phi) is 10.1. The van der Waals surface area contributed by atoms with Crippen molar-refractivity contribution in [1.29, 1.82) is 0 Å². The lowest BCUT2D eigenvalue weighted by atomic mass is 10.2. The van der Waals surface area contributed by atoms with Crippen LogP contribution in [0.2, 0.25) is 0 Å². The Morgan fingerprint density at radius 1 is 1.14 bits per heavy atom. The molecule has 1 fully saturated rings. The monoisotopic (exact) mass is 398 g/mol. The number of likely N-dealkylation sites (N-methyl/N-ethyl adjacent to an activating group) is 1. The van der Waals surface area contributed by atoms with E-state index in [4.69, 9.17) is 4.74 Å². The van der Waals surface area contributed by atoms with E-state index in [0.29, 0.717) is 19.0 Å². The predicted molar refractivity (Wildman–Crippen MR) is 112 cm³/mol. The van der Waals surface area contributed by atoms with Crippen molar-refractivity contribution in [2.45, 2.75) is 51.7 Å². The lowest BCUT2D eigenvalue weighted by molar-refractivity contribution is -0.133. The molecule has 0 aromatic rings. The van der Waals surface area contributed by atoms with Crippen molar-refractivity contribution >= 4 is 18.0 Å². The zero-order chi connectivity index (χ0) is 21.2. The largest absolute Gasteiger partial charge is 0.444 e. The summed E-state index contributed by atoms with van der Waals surface area (Å²) in [4.78, 5) is 31.9. The first-order valence-corrected chi connectivity index (χ1v) is 10.0. The second kappa shape index (κ2) is 11.7. The van der Waals surface area contributed by atoms with Gasteiger partial charge < -0.3 is 25.6 Å². The zero-order valence-electron chi connectivity index (χ0n) is 18.3. The number of rotatable bonds is 8. The van der Waals surface area contributed by atoms with Gasteiger partial charge in [-0.15, -0.1) is 0 Å². The van der Waals surface area contributed by atoms with Gasteiger partial charge in [0, 0.05) is 47.3 Å². The average Bonchev–Trinajstić information content (AvgIpc) is 3.06. The van der Waals surface area contributed by atoms with Crippen LogP contribution in [-0.4, -0.2) is 93.3 Å². The number of ether oxygens (including phenoxy) is 1. The second-order valence-corrected chi connectivity index (χ2v) is 8.13. The molecule has 0 radical (unpaired) electrons. The van der Waals surface area contributed by atoms with Gasteiger partial charge in [-0.05, 0) is 46.6 Å². The number of nitrogens with zero attached hydrogens (tertiary/aromatic N) is 3. The van der Waals surface area contributed by atoms with Gasteiger partial charge in [-0.3, -0.25) is 14.7 Å². The standard InChI is InChI=1S/C19H38N6O3/c1-19(2,3)28-18(27)23-12-11-22-17(20-4)21-10-8-14-25-13-7-9-15(25)16(26)24(5)6/h15H,7-14H2,1-6H3,(H,23,27)(H2,20,21,22). The number of aliphatic imine (C=N–C) groups is 1. The topological polar surface area (TPSA) is 98.3 Å². The first-order chi connectivity index (χ1) is 13.1. The van der Waals surface area contributed by atoms with E-state index in [9.17, 15) is 9.59 Å². The van der Waals surface area contributed by atoms with Crippen LogP contribution < -0.4 is 16.0 Å². The number of hydrogen-bond donors (Lipinski definition) is 3. The molecule has 1 rings (SSSR count). The fourth-order valence-corrected chi connectivity index (χ4v) is 3.04. The Labute approximate surface area is 169 Å². The number of guanidine groups is 1. The Morgan fingerprint density at radius 2 is 1.79 bits per heavy atom. The number of nitrogens with one attached hydrogen (secondary N) is 3. The van der Waals surface area contributed by atoms with Crippen LogP contribution in [0.4, 0.5) is 4.79 Å². The first kappa shape index (κ1) is 24.0. The zero-order valence-corrected chi connectivity index (χ0v) is 18.3. The lowest BCUT2D eigenvalue weighted by Gasteiger charge is -2.26. The van der Waals surface area contributed by atoms with Crippen molar-refractivity contribution in [1.82, 2.24) is 25.8 Å². The molecule has 1 aliphatic rings. The molecule has 3 N–H and O–H groups in total. The molecule has 0 aromatic carbocycles. The molecule has 9 nitrogen and oxygen atoms in total. The van der Waals surface area contributed by atoms with Crippen LogP contribution in [0.1, 0.15) is 40.0 Å². The fraction of sp³-hybridized carbons (Fsp3) is 0.842. The maximum atomic E-state index is 12.2. The summed E-state index contributed by atoms with van der Waals surface area (Å²) >= 11 is 0. The number of hydrogen-bond acceptors (Lipinski definition) is 5. The van der Waals surface area contributed by atoms with Gasteiger partial charge in [0.15, 0.2) is 5.96 Å². The maximum absolute atomic E-state index is 12.2. The summed E-state index contributed by atoms with van der Waals surface area (Å²) in [6, 6.07) is 0.0198. The van der Waals surface area contributed by atoms with Crippen LogP contribution in [0.5, 0.6) is 0 Å². The quantitative estimate of drug-likeness (QED) is 0.315. The third kappa shape index (κ3) is 9.25. The Bertz CT molecular complexity index is 530. The predicted octanol–water partition coefficient (Wildman–Crippen LogP) is 0.619. The molecule has 2 amide bonds. The highest BCUT2D eigenvalue weighted by Crippen LogP contribution is 2.18.